The third kappa shape index (κ3) is 5.22. The zero-order valence-corrected chi connectivity index (χ0v) is 31.5. The largest absolute Gasteiger partial charge is 0.457 e. The van der Waals surface area contributed by atoms with Gasteiger partial charge >= 0.3 is 0 Å². The summed E-state index contributed by atoms with van der Waals surface area (Å²) in [7, 11) is 0. The summed E-state index contributed by atoms with van der Waals surface area (Å²) in [5.74, 6) is 1.80. The lowest BCUT2D eigenvalue weighted by Gasteiger charge is -2.39. The highest BCUT2D eigenvalue weighted by Gasteiger charge is 2.51. The van der Waals surface area contributed by atoms with E-state index in [2.05, 4.69) is 207 Å². The van der Waals surface area contributed by atoms with Crippen molar-refractivity contribution in [1.82, 2.24) is 4.98 Å². The van der Waals surface area contributed by atoms with Gasteiger partial charge in [0.1, 0.15) is 11.5 Å². The molecule has 1 spiro atoms. The number of ether oxygens (including phenoxy) is 1. The van der Waals surface area contributed by atoms with Crippen molar-refractivity contribution in [2.45, 2.75) is 12.3 Å². The number of rotatable bonds is 5. The van der Waals surface area contributed by atoms with Crippen LogP contribution < -0.4 is 4.74 Å². The topological polar surface area (TPSA) is 22.1 Å². The molecular weight excluding hydrogens is 691 g/mol. The monoisotopic (exact) mass is 727 g/mol. The summed E-state index contributed by atoms with van der Waals surface area (Å²) in [6.45, 7) is 2.22. The minimum atomic E-state index is -0.489. The van der Waals surface area contributed by atoms with Gasteiger partial charge < -0.3 is 4.74 Å². The zero-order valence-electron chi connectivity index (χ0n) is 31.5. The number of hydrogen-bond acceptors (Lipinski definition) is 2. The Morgan fingerprint density at radius 3 is 1.56 bits per heavy atom. The van der Waals surface area contributed by atoms with Crippen LogP contribution in [0.4, 0.5) is 0 Å². The molecule has 0 unspecified atom stereocenters. The summed E-state index contributed by atoms with van der Waals surface area (Å²) >= 11 is 0. The Morgan fingerprint density at radius 2 is 0.842 bits per heavy atom. The van der Waals surface area contributed by atoms with Crippen LogP contribution in [0.1, 0.15) is 27.8 Å². The molecular formula is C55H37NO. The number of hydrogen-bond donors (Lipinski definition) is 0. The van der Waals surface area contributed by atoms with Crippen molar-refractivity contribution in [2.24, 2.45) is 0 Å². The number of aromatic nitrogens is 1. The van der Waals surface area contributed by atoms with Gasteiger partial charge in [-0.05, 0) is 98.5 Å². The molecule has 0 atom stereocenters. The summed E-state index contributed by atoms with van der Waals surface area (Å²) in [5.41, 5.74) is 19.4. The Morgan fingerprint density at radius 1 is 0.333 bits per heavy atom. The maximum absolute atomic E-state index is 6.68. The predicted molar refractivity (Wildman–Crippen MR) is 234 cm³/mol. The average Bonchev–Trinajstić information content (AvgIpc) is 3.57. The number of nitrogens with zero attached hydrogens (tertiary/aromatic N) is 1. The van der Waals surface area contributed by atoms with Crippen molar-refractivity contribution < 1.29 is 4.74 Å². The lowest BCUT2D eigenvalue weighted by Crippen LogP contribution is -2.32. The van der Waals surface area contributed by atoms with E-state index in [0.29, 0.717) is 0 Å². The highest BCUT2D eigenvalue weighted by Crippen LogP contribution is 2.62. The van der Waals surface area contributed by atoms with Gasteiger partial charge in [0, 0.05) is 22.3 Å². The van der Waals surface area contributed by atoms with Gasteiger partial charge in [0.15, 0.2) is 0 Å². The van der Waals surface area contributed by atoms with Crippen molar-refractivity contribution in [2.75, 3.05) is 0 Å². The van der Waals surface area contributed by atoms with Crippen LogP contribution in [0, 0.1) is 6.92 Å². The molecule has 2 aliphatic rings. The first-order valence-electron chi connectivity index (χ1n) is 19.6. The third-order valence-corrected chi connectivity index (χ3v) is 12.0. The Hall–Kier alpha value is -7.29. The molecule has 0 bridgehead atoms. The number of benzene rings is 8. The molecule has 1 aliphatic heterocycles. The Bertz CT molecular complexity index is 2880. The molecule has 0 amide bonds. The fourth-order valence-electron chi connectivity index (χ4n) is 9.33. The van der Waals surface area contributed by atoms with Crippen LogP contribution in [0.3, 0.4) is 0 Å². The average molecular weight is 728 g/mol. The first-order chi connectivity index (χ1) is 28.2. The second-order valence-corrected chi connectivity index (χ2v) is 15.1. The van der Waals surface area contributed by atoms with Crippen LogP contribution in [0.25, 0.3) is 67.0 Å². The predicted octanol–water partition coefficient (Wildman–Crippen LogP) is 14.2. The molecule has 8 aromatic carbocycles. The summed E-state index contributed by atoms with van der Waals surface area (Å²) in [5, 5.41) is 0. The molecule has 2 heterocycles. The lowest BCUT2D eigenvalue weighted by molar-refractivity contribution is 0.436. The van der Waals surface area contributed by atoms with Gasteiger partial charge in [-0.3, -0.25) is 0 Å². The van der Waals surface area contributed by atoms with E-state index in [0.717, 1.165) is 50.7 Å². The van der Waals surface area contributed by atoms with E-state index in [4.69, 9.17) is 9.72 Å². The van der Waals surface area contributed by atoms with Gasteiger partial charge in [0.25, 0.3) is 0 Å². The normalized spacial score (nSPS) is 12.9. The van der Waals surface area contributed by atoms with Gasteiger partial charge in [-0.2, -0.15) is 0 Å². The molecule has 1 aliphatic carbocycles. The molecule has 9 aromatic rings. The molecule has 2 heteroatoms. The number of para-hydroxylation sites is 1. The van der Waals surface area contributed by atoms with E-state index in [1.54, 1.807) is 0 Å². The van der Waals surface area contributed by atoms with E-state index < -0.39 is 5.41 Å². The summed E-state index contributed by atoms with van der Waals surface area (Å²) in [6.07, 6.45) is 0. The SMILES string of the molecule is Cc1c(-c2ccc(-c3ccc4c(c3)C3(c5ccccc5O4)c4ccccc4-c4ccccc43)cc2)cccc1-c1cc(-c2ccccc2)cc(-c2ccccc2)n1. The summed E-state index contributed by atoms with van der Waals surface area (Å²) in [6, 6.07) is 74.1. The van der Waals surface area contributed by atoms with Gasteiger partial charge in [0.05, 0.1) is 16.8 Å². The van der Waals surface area contributed by atoms with E-state index in [-0.39, 0.29) is 0 Å². The molecule has 57 heavy (non-hydrogen) atoms. The molecule has 0 N–H and O–H groups in total. The Kier molecular flexibility index (Phi) is 7.65. The minimum absolute atomic E-state index is 0.489. The van der Waals surface area contributed by atoms with Crippen LogP contribution in [-0.4, -0.2) is 4.98 Å². The Labute approximate surface area is 333 Å². The first-order valence-corrected chi connectivity index (χ1v) is 19.6. The lowest BCUT2D eigenvalue weighted by atomic mass is 9.66. The molecule has 268 valence electrons. The van der Waals surface area contributed by atoms with Gasteiger partial charge in [-0.1, -0.05) is 176 Å². The minimum Gasteiger partial charge on any atom is -0.457 e. The van der Waals surface area contributed by atoms with Crippen molar-refractivity contribution in [3.05, 3.63) is 234 Å². The standard InChI is InChI=1S/C55H37NO/c1-36-43(21-14-22-44(36)52-35-42(37-15-4-2-5-16-37)34-51(56-52)40-17-6-3-7-18-40)39-29-27-38(28-30-39)41-31-32-54-50(33-41)55(49-25-12-13-26-53(49)57-54)47-23-10-8-19-45(47)46-20-9-11-24-48(46)55/h2-35H,1H3. The highest BCUT2D eigenvalue weighted by atomic mass is 16.5. The van der Waals surface area contributed by atoms with Gasteiger partial charge in [-0.15, -0.1) is 0 Å². The smallest absolute Gasteiger partial charge is 0.132 e. The fourth-order valence-corrected chi connectivity index (χ4v) is 9.33. The summed E-state index contributed by atoms with van der Waals surface area (Å²) in [4.78, 5) is 5.25. The molecule has 0 fully saturated rings. The van der Waals surface area contributed by atoms with Crippen molar-refractivity contribution >= 4 is 0 Å². The van der Waals surface area contributed by atoms with E-state index in [1.807, 2.05) is 6.07 Å². The van der Waals surface area contributed by atoms with Crippen molar-refractivity contribution in [3.63, 3.8) is 0 Å². The number of fused-ring (bicyclic) bond motifs is 9. The molecule has 0 saturated carbocycles. The van der Waals surface area contributed by atoms with E-state index in [9.17, 15) is 0 Å². The quantitative estimate of drug-likeness (QED) is 0.176. The van der Waals surface area contributed by atoms with Crippen LogP contribution in [-0.2, 0) is 5.41 Å². The molecule has 0 radical (unpaired) electrons. The van der Waals surface area contributed by atoms with Crippen LogP contribution in [0.5, 0.6) is 11.5 Å². The van der Waals surface area contributed by atoms with E-state index in [1.165, 1.54) is 55.6 Å². The van der Waals surface area contributed by atoms with Crippen LogP contribution >= 0.6 is 0 Å². The maximum Gasteiger partial charge on any atom is 0.132 e. The van der Waals surface area contributed by atoms with E-state index >= 15 is 0 Å². The second kappa shape index (κ2) is 13.2. The number of pyridine rings is 1. The van der Waals surface area contributed by atoms with Crippen molar-refractivity contribution in [3.8, 4) is 78.5 Å². The van der Waals surface area contributed by atoms with Crippen LogP contribution in [0.15, 0.2) is 206 Å². The van der Waals surface area contributed by atoms with Gasteiger partial charge in [-0.25, -0.2) is 4.98 Å². The maximum atomic E-state index is 6.68. The Balaban J connectivity index is 0.999. The fraction of sp³-hybridized carbons (Fsp3) is 0.0364. The van der Waals surface area contributed by atoms with Crippen molar-refractivity contribution in [1.29, 1.82) is 0 Å². The molecule has 11 rings (SSSR count). The van der Waals surface area contributed by atoms with Gasteiger partial charge in [0.2, 0.25) is 0 Å². The highest BCUT2D eigenvalue weighted by molar-refractivity contribution is 5.89. The second-order valence-electron chi connectivity index (χ2n) is 15.1. The zero-order chi connectivity index (χ0) is 37.9. The van der Waals surface area contributed by atoms with Crippen LogP contribution in [0.2, 0.25) is 0 Å². The molecule has 0 saturated heterocycles. The first kappa shape index (κ1) is 33.1. The molecule has 1 aromatic heterocycles. The third-order valence-electron chi connectivity index (χ3n) is 12.0. The molecule has 2 nitrogen and oxygen atoms in total. The summed E-state index contributed by atoms with van der Waals surface area (Å²) < 4.78 is 6.68.